The van der Waals surface area contributed by atoms with Crippen LogP contribution < -0.4 is 15.5 Å². The third-order valence-corrected chi connectivity index (χ3v) is 6.81. The number of thiazole rings is 1. The van der Waals surface area contributed by atoms with Crippen molar-refractivity contribution in [2.24, 2.45) is 0 Å². The van der Waals surface area contributed by atoms with Gasteiger partial charge < -0.3 is 25.3 Å². The summed E-state index contributed by atoms with van der Waals surface area (Å²) in [5.74, 6) is -0.0276. The Balaban J connectivity index is 1.27. The van der Waals surface area contributed by atoms with Gasteiger partial charge in [-0.2, -0.15) is 0 Å². The first-order valence-electron chi connectivity index (χ1n) is 10.8. The molecule has 1 aromatic carbocycles. The van der Waals surface area contributed by atoms with E-state index in [9.17, 15) is 4.79 Å². The number of piperidine rings is 1. The van der Waals surface area contributed by atoms with Crippen molar-refractivity contribution in [2.45, 2.75) is 18.9 Å². The van der Waals surface area contributed by atoms with Gasteiger partial charge in [0.15, 0.2) is 5.13 Å². The number of amides is 1. The van der Waals surface area contributed by atoms with Crippen LogP contribution in [0.1, 0.15) is 12.8 Å². The standard InChI is InChI=1S/C22H32N6OS/c1-26-9-7-18(8-10-26)23-15-21(29)25-22-24-20(16-30-22)17-3-5-19(6-4-17)28-13-11-27(2)12-14-28/h3-6,16,18,23H,7-15H2,1-2H3,(H,24,25,29). The van der Waals surface area contributed by atoms with Gasteiger partial charge in [-0.05, 0) is 52.2 Å². The minimum Gasteiger partial charge on any atom is -0.369 e. The van der Waals surface area contributed by atoms with Gasteiger partial charge in [0.2, 0.25) is 5.91 Å². The van der Waals surface area contributed by atoms with Crippen LogP contribution in [-0.2, 0) is 4.79 Å². The van der Waals surface area contributed by atoms with Crippen molar-refractivity contribution in [1.82, 2.24) is 20.1 Å². The molecule has 2 N–H and O–H groups in total. The van der Waals surface area contributed by atoms with Gasteiger partial charge in [0.1, 0.15) is 0 Å². The molecule has 7 nitrogen and oxygen atoms in total. The lowest BCUT2D eigenvalue weighted by atomic mass is 10.1. The molecule has 0 radical (unpaired) electrons. The summed E-state index contributed by atoms with van der Waals surface area (Å²) in [4.78, 5) is 24.0. The number of carbonyl (C=O) groups excluding carboxylic acids is 1. The molecule has 1 aromatic heterocycles. The minimum atomic E-state index is -0.0276. The van der Waals surface area contributed by atoms with E-state index in [1.165, 1.54) is 17.0 Å². The third kappa shape index (κ3) is 5.57. The Labute approximate surface area is 183 Å². The fraction of sp³-hybridized carbons (Fsp3) is 0.545. The maximum atomic E-state index is 12.3. The van der Waals surface area contributed by atoms with E-state index >= 15 is 0 Å². The van der Waals surface area contributed by atoms with Gasteiger partial charge >= 0.3 is 0 Å². The number of likely N-dealkylation sites (tertiary alicyclic amines) is 1. The predicted octanol–water partition coefficient (Wildman–Crippen LogP) is 2.18. The maximum Gasteiger partial charge on any atom is 0.240 e. The zero-order chi connectivity index (χ0) is 20.9. The number of hydrogen-bond donors (Lipinski definition) is 2. The molecule has 162 valence electrons. The predicted molar refractivity (Wildman–Crippen MR) is 124 cm³/mol. The molecular weight excluding hydrogens is 396 g/mol. The van der Waals surface area contributed by atoms with Crippen molar-refractivity contribution in [1.29, 1.82) is 0 Å². The van der Waals surface area contributed by atoms with Crippen molar-refractivity contribution in [3.8, 4) is 11.3 Å². The Hall–Kier alpha value is -2.00. The number of carbonyl (C=O) groups is 1. The smallest absolute Gasteiger partial charge is 0.240 e. The SMILES string of the molecule is CN1CCC(NCC(=O)Nc2nc(-c3ccc(N4CCN(C)CC4)cc3)cs2)CC1. The first-order valence-corrected chi connectivity index (χ1v) is 11.7. The largest absolute Gasteiger partial charge is 0.369 e. The molecule has 1 amide bonds. The van der Waals surface area contributed by atoms with Gasteiger partial charge in [0.05, 0.1) is 12.2 Å². The van der Waals surface area contributed by atoms with E-state index in [2.05, 4.69) is 68.7 Å². The van der Waals surface area contributed by atoms with Crippen LogP contribution in [0.5, 0.6) is 0 Å². The van der Waals surface area contributed by atoms with Crippen LogP contribution in [0.15, 0.2) is 29.6 Å². The lowest BCUT2D eigenvalue weighted by Crippen LogP contribution is -2.44. The zero-order valence-electron chi connectivity index (χ0n) is 17.9. The van der Waals surface area contributed by atoms with Crippen molar-refractivity contribution in [3.05, 3.63) is 29.6 Å². The molecule has 0 saturated carbocycles. The second-order valence-electron chi connectivity index (χ2n) is 8.38. The molecule has 2 aromatic rings. The normalized spacial score (nSPS) is 19.2. The van der Waals surface area contributed by atoms with Crippen LogP contribution >= 0.6 is 11.3 Å². The highest BCUT2D eigenvalue weighted by atomic mass is 32.1. The maximum absolute atomic E-state index is 12.3. The number of rotatable bonds is 6. The van der Waals surface area contributed by atoms with Crippen LogP contribution in [0.2, 0.25) is 0 Å². The van der Waals surface area contributed by atoms with Gasteiger partial charge in [-0.3, -0.25) is 4.79 Å². The Morgan fingerprint density at radius 3 is 2.40 bits per heavy atom. The molecule has 0 aliphatic carbocycles. The molecule has 30 heavy (non-hydrogen) atoms. The lowest BCUT2D eigenvalue weighted by Gasteiger charge is -2.34. The second kappa shape index (κ2) is 9.87. The summed E-state index contributed by atoms with van der Waals surface area (Å²) >= 11 is 1.47. The van der Waals surface area contributed by atoms with E-state index in [0.717, 1.165) is 63.4 Å². The van der Waals surface area contributed by atoms with Gasteiger partial charge in [0, 0.05) is 48.9 Å². The molecule has 0 spiro atoms. The molecule has 4 rings (SSSR count). The number of hydrogen-bond acceptors (Lipinski definition) is 7. The molecule has 8 heteroatoms. The van der Waals surface area contributed by atoms with Crippen LogP contribution in [0.3, 0.4) is 0 Å². The third-order valence-electron chi connectivity index (χ3n) is 6.05. The molecule has 0 unspecified atom stereocenters. The Kier molecular flexibility index (Phi) is 6.99. The van der Waals surface area contributed by atoms with E-state index in [1.807, 2.05) is 5.38 Å². The van der Waals surface area contributed by atoms with E-state index in [4.69, 9.17) is 0 Å². The molecule has 2 aliphatic heterocycles. The highest BCUT2D eigenvalue weighted by molar-refractivity contribution is 7.14. The van der Waals surface area contributed by atoms with Gasteiger partial charge in [0.25, 0.3) is 0 Å². The summed E-state index contributed by atoms with van der Waals surface area (Å²) in [7, 11) is 4.31. The van der Waals surface area contributed by atoms with Crippen LogP contribution in [0.4, 0.5) is 10.8 Å². The van der Waals surface area contributed by atoms with E-state index in [1.54, 1.807) is 0 Å². The topological polar surface area (TPSA) is 63.7 Å². The number of likely N-dealkylation sites (N-methyl/N-ethyl adjacent to an activating group) is 1. The molecule has 2 fully saturated rings. The summed E-state index contributed by atoms with van der Waals surface area (Å²) in [6, 6.07) is 9.01. The number of nitrogens with zero attached hydrogens (tertiary/aromatic N) is 4. The fourth-order valence-corrected chi connectivity index (χ4v) is 4.72. The monoisotopic (exact) mass is 428 g/mol. The van der Waals surface area contributed by atoms with Crippen molar-refractivity contribution in [3.63, 3.8) is 0 Å². The Morgan fingerprint density at radius 1 is 1.03 bits per heavy atom. The minimum absolute atomic E-state index is 0.0276. The van der Waals surface area contributed by atoms with Crippen molar-refractivity contribution < 1.29 is 4.79 Å². The van der Waals surface area contributed by atoms with Gasteiger partial charge in [-0.1, -0.05) is 12.1 Å². The molecule has 2 saturated heterocycles. The Morgan fingerprint density at radius 2 is 1.70 bits per heavy atom. The summed E-state index contributed by atoms with van der Waals surface area (Å²) < 4.78 is 0. The quantitative estimate of drug-likeness (QED) is 0.735. The number of aromatic nitrogens is 1. The summed E-state index contributed by atoms with van der Waals surface area (Å²) in [6.45, 7) is 6.84. The summed E-state index contributed by atoms with van der Waals surface area (Å²) in [5.41, 5.74) is 3.24. The van der Waals surface area contributed by atoms with E-state index in [-0.39, 0.29) is 5.91 Å². The van der Waals surface area contributed by atoms with Gasteiger partial charge in [-0.15, -0.1) is 11.3 Å². The highest BCUT2D eigenvalue weighted by Gasteiger charge is 2.18. The molecular formula is C22H32N6OS. The molecule has 3 heterocycles. The highest BCUT2D eigenvalue weighted by Crippen LogP contribution is 2.27. The number of piperazine rings is 1. The molecule has 0 bridgehead atoms. The molecule has 2 aliphatic rings. The number of anilines is 2. The Bertz CT molecular complexity index is 822. The average Bonchev–Trinajstić information content (AvgIpc) is 3.22. The van der Waals surface area contributed by atoms with Crippen molar-refractivity contribution >= 4 is 28.1 Å². The lowest BCUT2D eigenvalue weighted by molar-refractivity contribution is -0.115. The van der Waals surface area contributed by atoms with Gasteiger partial charge in [-0.25, -0.2) is 4.98 Å². The second-order valence-corrected chi connectivity index (χ2v) is 9.24. The first-order chi connectivity index (χ1) is 14.6. The van der Waals surface area contributed by atoms with Crippen molar-refractivity contribution in [2.75, 3.05) is 70.1 Å². The number of nitrogens with one attached hydrogen (secondary N) is 2. The van der Waals surface area contributed by atoms with Crippen LogP contribution in [-0.4, -0.2) is 86.6 Å². The van der Waals surface area contributed by atoms with Crippen LogP contribution in [0, 0.1) is 0 Å². The van der Waals surface area contributed by atoms with Crippen LogP contribution in [0.25, 0.3) is 11.3 Å². The zero-order valence-corrected chi connectivity index (χ0v) is 18.7. The van der Waals surface area contributed by atoms with E-state index < -0.39 is 0 Å². The summed E-state index contributed by atoms with van der Waals surface area (Å²) in [6.07, 6.45) is 2.19. The average molecular weight is 429 g/mol. The molecule has 0 atom stereocenters. The summed E-state index contributed by atoms with van der Waals surface area (Å²) in [5, 5.41) is 8.96. The number of benzene rings is 1. The van der Waals surface area contributed by atoms with E-state index in [0.29, 0.717) is 17.7 Å². The first kappa shape index (κ1) is 21.2. The fourth-order valence-electron chi connectivity index (χ4n) is 3.98.